The molecule has 0 spiro atoms. The molecule has 0 bridgehead atoms. The number of benzene rings is 2. The molecule has 0 fully saturated rings. The first kappa shape index (κ1) is 12.3. The average Bonchev–Trinajstić information content (AvgIpc) is 2.51. The third kappa shape index (κ3) is 1.59. The van der Waals surface area contributed by atoms with Crippen LogP contribution in [0.1, 0.15) is 0 Å². The molecule has 0 aliphatic carbocycles. The van der Waals surface area contributed by atoms with Crippen LogP contribution in [-0.2, 0) is 0 Å². The molecule has 1 aliphatic heterocycles. The maximum atomic E-state index is 6.50. The second kappa shape index (κ2) is 4.25. The first-order chi connectivity index (χ1) is 7.21. The Bertz CT molecular complexity index is 493. The Labute approximate surface area is 117 Å². The van der Waals surface area contributed by atoms with Gasteiger partial charge in [0.1, 0.15) is 0 Å². The maximum Gasteiger partial charge on any atom is 1.00 e. The molecule has 0 unspecified atom stereocenters. The van der Waals surface area contributed by atoms with Crippen molar-refractivity contribution >= 4 is 39.2 Å². The second-order valence-corrected chi connectivity index (χ2v) is 9.75. The van der Waals surface area contributed by atoms with Gasteiger partial charge < -0.3 is 0 Å². The van der Waals surface area contributed by atoms with Gasteiger partial charge in [0.2, 0.25) is 0 Å². The topological polar surface area (TPSA) is 0 Å². The van der Waals surface area contributed by atoms with Crippen molar-refractivity contribution in [1.29, 1.82) is 0 Å². The van der Waals surface area contributed by atoms with Crippen molar-refractivity contribution in [3.63, 3.8) is 0 Å². The number of fused-ring (bicyclic) bond motifs is 3. The van der Waals surface area contributed by atoms with Gasteiger partial charge in [-0.1, -0.05) is 29.8 Å². The van der Waals surface area contributed by atoms with Crippen LogP contribution in [0.2, 0.25) is 0 Å². The summed E-state index contributed by atoms with van der Waals surface area (Å²) >= 11 is 13.0. The second-order valence-electron chi connectivity index (χ2n) is 3.58. The van der Waals surface area contributed by atoms with Crippen LogP contribution >= 0.6 is 22.2 Å². The summed E-state index contributed by atoms with van der Waals surface area (Å²) in [5.74, 6) is 0. The minimum atomic E-state index is -2.49. The van der Waals surface area contributed by atoms with Gasteiger partial charge in [-0.15, -0.1) is 32.9 Å². The van der Waals surface area contributed by atoms with Crippen LogP contribution in [0.25, 0.3) is 11.1 Å². The largest absolute Gasteiger partial charge is 1.00 e. The van der Waals surface area contributed by atoms with E-state index in [1.54, 1.807) is 0 Å². The molecule has 2 aromatic carbocycles. The van der Waals surface area contributed by atoms with Gasteiger partial charge in [-0.25, -0.2) is 0 Å². The Balaban J connectivity index is 0.000000963. The van der Waals surface area contributed by atoms with Crippen LogP contribution in [-0.4, -0.2) is 6.69 Å². The summed E-state index contributed by atoms with van der Waals surface area (Å²) in [7, 11) is 0. The third-order valence-corrected chi connectivity index (χ3v) is 7.24. The average molecular weight is 257 g/mol. The fourth-order valence-electron chi connectivity index (χ4n) is 2.05. The summed E-state index contributed by atoms with van der Waals surface area (Å²) in [6.45, 7) is -2.49. The molecule has 74 valence electrons. The van der Waals surface area contributed by atoms with E-state index in [-0.39, 0.29) is 18.9 Å². The first-order valence-electron chi connectivity index (χ1n) is 4.70. The molecule has 0 amide bonds. The van der Waals surface area contributed by atoms with Crippen LogP contribution in [0.5, 0.6) is 0 Å². The zero-order valence-corrected chi connectivity index (χ0v) is 11.3. The zero-order valence-electron chi connectivity index (χ0n) is 8.80. The van der Waals surface area contributed by atoms with Gasteiger partial charge in [-0.3, -0.25) is 0 Å². The molecule has 16 heavy (non-hydrogen) atoms. The SMILES string of the molecule is Cl[Si]1(Cl)c2[c-]cccc2-c2ccccc21.[Li+]. The fraction of sp³-hybridized carbons (Fsp3) is 0. The Morgan fingerprint density at radius 2 is 1.62 bits per heavy atom. The van der Waals surface area contributed by atoms with Gasteiger partial charge in [0.25, 0.3) is 6.69 Å². The van der Waals surface area contributed by atoms with E-state index in [0.717, 1.165) is 15.9 Å². The van der Waals surface area contributed by atoms with Crippen LogP contribution in [0.4, 0.5) is 0 Å². The molecule has 0 saturated heterocycles. The Morgan fingerprint density at radius 1 is 0.938 bits per heavy atom. The van der Waals surface area contributed by atoms with Crippen molar-refractivity contribution in [2.45, 2.75) is 0 Å². The third-order valence-electron chi connectivity index (χ3n) is 2.73. The van der Waals surface area contributed by atoms with Crippen LogP contribution < -0.4 is 29.2 Å². The number of hydrogen-bond donors (Lipinski definition) is 0. The van der Waals surface area contributed by atoms with Gasteiger partial charge in [-0.05, 0) is 5.19 Å². The summed E-state index contributed by atoms with van der Waals surface area (Å²) < 4.78 is 0. The quantitative estimate of drug-likeness (QED) is 0.339. The minimum absolute atomic E-state index is 0. The molecule has 2 aromatic rings. The van der Waals surface area contributed by atoms with E-state index >= 15 is 0 Å². The van der Waals surface area contributed by atoms with Crippen LogP contribution in [0, 0.1) is 6.07 Å². The smallest absolute Gasteiger partial charge is 0.181 e. The van der Waals surface area contributed by atoms with E-state index in [0.29, 0.717) is 0 Å². The molecule has 1 aliphatic rings. The molecule has 0 nitrogen and oxygen atoms in total. The molecule has 0 radical (unpaired) electrons. The zero-order chi connectivity index (χ0) is 10.5. The summed E-state index contributed by atoms with van der Waals surface area (Å²) in [5, 5.41) is 2.08. The monoisotopic (exact) mass is 256 g/mol. The Hall–Kier alpha value is -0.166. The minimum Gasteiger partial charge on any atom is -0.181 e. The Morgan fingerprint density at radius 3 is 2.44 bits per heavy atom. The number of hydrogen-bond acceptors (Lipinski definition) is 0. The van der Waals surface area contributed by atoms with Crippen molar-refractivity contribution in [3.8, 4) is 11.1 Å². The number of rotatable bonds is 0. The molecule has 0 N–H and O–H groups in total. The van der Waals surface area contributed by atoms with Gasteiger partial charge in [-0.2, -0.15) is 24.3 Å². The van der Waals surface area contributed by atoms with Gasteiger partial charge in [0.05, 0.1) is 0 Å². The van der Waals surface area contributed by atoms with E-state index in [9.17, 15) is 0 Å². The van der Waals surface area contributed by atoms with E-state index in [2.05, 4.69) is 18.2 Å². The standard InChI is InChI=1S/C12H7Cl2Si.Li/c13-15(14)11-7-3-1-5-9(11)10-6-2-4-8-12(10)15;/h1-7H;/q-1;+1. The van der Waals surface area contributed by atoms with E-state index in [4.69, 9.17) is 22.2 Å². The van der Waals surface area contributed by atoms with E-state index in [1.165, 1.54) is 5.56 Å². The predicted molar refractivity (Wildman–Crippen MR) is 67.4 cm³/mol. The molecule has 4 heteroatoms. The molecule has 0 aromatic heterocycles. The summed E-state index contributed by atoms with van der Waals surface area (Å²) in [5.41, 5.74) is 2.31. The van der Waals surface area contributed by atoms with Crippen molar-refractivity contribution < 1.29 is 18.9 Å². The molecular formula is C12H7Cl2LiSi. The summed E-state index contributed by atoms with van der Waals surface area (Å²) in [4.78, 5) is 0. The first-order valence-corrected chi connectivity index (χ1v) is 8.72. The van der Waals surface area contributed by atoms with Crippen molar-refractivity contribution in [2.75, 3.05) is 0 Å². The number of halogens is 2. The van der Waals surface area contributed by atoms with Crippen molar-refractivity contribution in [1.82, 2.24) is 0 Å². The van der Waals surface area contributed by atoms with Crippen molar-refractivity contribution in [2.24, 2.45) is 0 Å². The molecule has 3 rings (SSSR count). The summed E-state index contributed by atoms with van der Waals surface area (Å²) in [6, 6.07) is 17.2. The van der Waals surface area contributed by atoms with Crippen LogP contribution in [0.3, 0.4) is 0 Å². The molecule has 0 atom stereocenters. The normalized spacial score (nSPS) is 14.9. The van der Waals surface area contributed by atoms with Gasteiger partial charge in [0, 0.05) is 0 Å². The Kier molecular flexibility index (Phi) is 3.27. The van der Waals surface area contributed by atoms with E-state index in [1.807, 2.05) is 30.3 Å². The summed E-state index contributed by atoms with van der Waals surface area (Å²) in [6.07, 6.45) is 0. The molecule has 0 saturated carbocycles. The maximum absolute atomic E-state index is 6.50. The molecular weight excluding hydrogens is 250 g/mol. The predicted octanol–water partition coefficient (Wildman–Crippen LogP) is -0.495. The van der Waals surface area contributed by atoms with Gasteiger partial charge in [0.15, 0.2) is 0 Å². The van der Waals surface area contributed by atoms with Crippen molar-refractivity contribution in [3.05, 3.63) is 48.5 Å². The molecule has 1 heterocycles. The van der Waals surface area contributed by atoms with Crippen LogP contribution in [0.15, 0.2) is 42.5 Å². The van der Waals surface area contributed by atoms with E-state index < -0.39 is 6.69 Å². The van der Waals surface area contributed by atoms with Gasteiger partial charge >= 0.3 is 18.9 Å². The fourth-order valence-corrected chi connectivity index (χ4v) is 5.93.